The molecule has 0 unspecified atom stereocenters. The summed E-state index contributed by atoms with van der Waals surface area (Å²) < 4.78 is 19.9. The van der Waals surface area contributed by atoms with Crippen LogP contribution in [0.1, 0.15) is 42.5 Å². The first-order chi connectivity index (χ1) is 12.1. The number of benzene rings is 1. The second-order valence-electron chi connectivity index (χ2n) is 7.51. The summed E-state index contributed by atoms with van der Waals surface area (Å²) >= 11 is 5.95. The number of carbonyl (C=O) groups is 1. The Morgan fingerprint density at radius 1 is 1.32 bits per heavy atom. The molecule has 0 saturated carbocycles. The molecule has 6 heteroatoms. The van der Waals surface area contributed by atoms with Gasteiger partial charge in [0.05, 0.1) is 11.7 Å². The number of hydrogen-bond acceptors (Lipinski definition) is 3. The Bertz CT molecular complexity index is 665. The first kappa shape index (κ1) is 17.3. The first-order valence-electron chi connectivity index (χ1n) is 9.18. The summed E-state index contributed by atoms with van der Waals surface area (Å²) in [6.45, 7) is 4.23. The fourth-order valence-electron chi connectivity index (χ4n) is 4.48. The molecule has 2 atom stereocenters. The van der Waals surface area contributed by atoms with Gasteiger partial charge in [-0.2, -0.15) is 0 Å². The van der Waals surface area contributed by atoms with Crippen LogP contribution in [0.2, 0.25) is 5.02 Å². The molecule has 4 rings (SSSR count). The van der Waals surface area contributed by atoms with Crippen molar-refractivity contribution in [3.05, 3.63) is 34.6 Å². The molecule has 3 saturated heterocycles. The van der Waals surface area contributed by atoms with Crippen molar-refractivity contribution >= 4 is 17.5 Å². The van der Waals surface area contributed by atoms with Crippen LogP contribution >= 0.6 is 11.6 Å². The predicted octanol–water partition coefficient (Wildman–Crippen LogP) is 3.34. The Kier molecular flexibility index (Phi) is 4.73. The van der Waals surface area contributed by atoms with E-state index in [1.807, 2.05) is 0 Å². The molecule has 1 spiro atoms. The minimum absolute atomic E-state index is 0.0505. The van der Waals surface area contributed by atoms with E-state index < -0.39 is 5.82 Å². The molecule has 136 valence electrons. The van der Waals surface area contributed by atoms with Gasteiger partial charge in [-0.25, -0.2) is 4.39 Å². The number of carbonyl (C=O) groups excluding carboxylic acids is 1. The van der Waals surface area contributed by atoms with Crippen molar-refractivity contribution in [2.75, 3.05) is 32.8 Å². The number of rotatable bonds is 3. The smallest absolute Gasteiger partial charge is 0.256 e. The molecule has 3 heterocycles. The van der Waals surface area contributed by atoms with Crippen LogP contribution in [0.4, 0.5) is 4.39 Å². The number of halogens is 2. The van der Waals surface area contributed by atoms with Crippen molar-refractivity contribution < 1.29 is 13.9 Å². The lowest BCUT2D eigenvalue weighted by atomic mass is 9.77. The molecule has 3 aliphatic rings. The van der Waals surface area contributed by atoms with Crippen molar-refractivity contribution in [2.45, 2.75) is 43.7 Å². The third kappa shape index (κ3) is 3.29. The fourth-order valence-corrected chi connectivity index (χ4v) is 4.66. The van der Waals surface area contributed by atoms with E-state index in [1.54, 1.807) is 4.90 Å². The SMILES string of the molecule is O=C(c1cc(Cl)ccc1F)N1CCC[C@@]2(CCN2C[C@@H]2CCCO2)C1. The quantitative estimate of drug-likeness (QED) is 0.822. The van der Waals surface area contributed by atoms with Gasteiger partial charge in [-0.15, -0.1) is 0 Å². The number of nitrogens with zero attached hydrogens (tertiary/aromatic N) is 2. The van der Waals surface area contributed by atoms with Crippen molar-refractivity contribution in [1.82, 2.24) is 9.80 Å². The number of likely N-dealkylation sites (tertiary alicyclic amines) is 2. The Balaban J connectivity index is 1.47. The van der Waals surface area contributed by atoms with Gasteiger partial charge in [0.1, 0.15) is 5.82 Å². The number of piperidine rings is 1. The molecule has 25 heavy (non-hydrogen) atoms. The van der Waals surface area contributed by atoms with Crippen LogP contribution in [0.15, 0.2) is 18.2 Å². The molecule has 3 fully saturated rings. The monoisotopic (exact) mass is 366 g/mol. The Labute approximate surface area is 152 Å². The molecule has 0 aromatic heterocycles. The molecule has 0 radical (unpaired) electrons. The molecule has 0 bridgehead atoms. The minimum Gasteiger partial charge on any atom is -0.377 e. The van der Waals surface area contributed by atoms with Gasteiger partial charge in [0.25, 0.3) is 5.91 Å². The lowest BCUT2D eigenvalue weighted by Gasteiger charge is -2.57. The van der Waals surface area contributed by atoms with Gasteiger partial charge in [-0.3, -0.25) is 9.69 Å². The molecule has 1 amide bonds. The Morgan fingerprint density at radius 2 is 2.20 bits per heavy atom. The third-order valence-electron chi connectivity index (χ3n) is 5.97. The highest BCUT2D eigenvalue weighted by Gasteiger charge is 2.48. The van der Waals surface area contributed by atoms with E-state index >= 15 is 0 Å². The van der Waals surface area contributed by atoms with Crippen molar-refractivity contribution in [3.63, 3.8) is 0 Å². The summed E-state index contributed by atoms with van der Waals surface area (Å²) in [5.74, 6) is -0.748. The van der Waals surface area contributed by atoms with Gasteiger partial charge in [-0.1, -0.05) is 11.6 Å². The third-order valence-corrected chi connectivity index (χ3v) is 6.20. The zero-order valence-corrected chi connectivity index (χ0v) is 15.1. The highest BCUT2D eigenvalue weighted by atomic mass is 35.5. The van der Waals surface area contributed by atoms with Crippen molar-refractivity contribution in [1.29, 1.82) is 0 Å². The van der Waals surface area contributed by atoms with E-state index in [4.69, 9.17) is 16.3 Å². The average molecular weight is 367 g/mol. The second-order valence-corrected chi connectivity index (χ2v) is 7.95. The normalized spacial score (nSPS) is 29.8. The molecular weight excluding hydrogens is 343 g/mol. The zero-order valence-electron chi connectivity index (χ0n) is 14.3. The van der Waals surface area contributed by atoms with Crippen molar-refractivity contribution in [2.24, 2.45) is 0 Å². The summed E-state index contributed by atoms with van der Waals surface area (Å²) in [5, 5.41) is 0.389. The van der Waals surface area contributed by atoms with E-state index in [9.17, 15) is 9.18 Å². The first-order valence-corrected chi connectivity index (χ1v) is 9.56. The maximum Gasteiger partial charge on any atom is 0.256 e. The number of hydrogen-bond donors (Lipinski definition) is 0. The van der Waals surface area contributed by atoms with Gasteiger partial charge < -0.3 is 9.64 Å². The largest absolute Gasteiger partial charge is 0.377 e. The summed E-state index contributed by atoms with van der Waals surface area (Å²) in [5.41, 5.74) is 0.129. The van der Waals surface area contributed by atoms with Crippen molar-refractivity contribution in [3.8, 4) is 0 Å². The number of ether oxygens (including phenoxy) is 1. The summed E-state index contributed by atoms with van der Waals surface area (Å²) in [6, 6.07) is 4.18. The lowest BCUT2D eigenvalue weighted by molar-refractivity contribution is -0.0807. The lowest BCUT2D eigenvalue weighted by Crippen LogP contribution is -2.68. The molecule has 1 aromatic carbocycles. The molecule has 3 aliphatic heterocycles. The highest BCUT2D eigenvalue weighted by Crippen LogP contribution is 2.39. The maximum absolute atomic E-state index is 14.1. The van der Waals surface area contributed by atoms with E-state index in [2.05, 4.69) is 4.90 Å². The molecule has 4 nitrogen and oxygen atoms in total. The van der Waals surface area contributed by atoms with E-state index in [0.717, 1.165) is 51.8 Å². The van der Waals surface area contributed by atoms with Crippen LogP contribution in [0.5, 0.6) is 0 Å². The summed E-state index contributed by atoms with van der Waals surface area (Å²) in [4.78, 5) is 17.1. The summed E-state index contributed by atoms with van der Waals surface area (Å²) in [6.07, 6.45) is 5.75. The molecule has 1 aromatic rings. The fraction of sp³-hybridized carbons (Fsp3) is 0.632. The van der Waals surface area contributed by atoms with Crippen LogP contribution in [-0.4, -0.2) is 60.1 Å². The Hall–Kier alpha value is -1.17. The topological polar surface area (TPSA) is 32.8 Å². The van der Waals surface area contributed by atoms with Gasteiger partial charge in [0.15, 0.2) is 0 Å². The summed E-state index contributed by atoms with van der Waals surface area (Å²) in [7, 11) is 0. The maximum atomic E-state index is 14.1. The van der Waals surface area contributed by atoms with Crippen LogP contribution in [-0.2, 0) is 4.74 Å². The van der Waals surface area contributed by atoms with Crippen LogP contribution < -0.4 is 0 Å². The molecule has 0 aliphatic carbocycles. The number of amides is 1. The average Bonchev–Trinajstić information content (AvgIpc) is 3.14. The van der Waals surface area contributed by atoms with E-state index in [-0.39, 0.29) is 17.0 Å². The zero-order chi connectivity index (χ0) is 17.4. The van der Waals surface area contributed by atoms with Gasteiger partial charge >= 0.3 is 0 Å². The van der Waals surface area contributed by atoms with Gasteiger partial charge in [0, 0.05) is 43.3 Å². The standard InChI is InChI=1S/C19H24ClFN2O2/c20-14-4-5-17(21)16(11-14)18(24)22-8-2-6-19(13-22)7-9-23(19)12-15-3-1-10-25-15/h4-5,11,15H,1-3,6-10,12-13H2/t15-,19+/m0/s1. The highest BCUT2D eigenvalue weighted by molar-refractivity contribution is 6.31. The van der Waals surface area contributed by atoms with Crippen LogP contribution in [0.3, 0.4) is 0 Å². The van der Waals surface area contributed by atoms with E-state index in [0.29, 0.717) is 24.2 Å². The molecular formula is C19H24ClFN2O2. The van der Waals surface area contributed by atoms with E-state index in [1.165, 1.54) is 18.2 Å². The van der Waals surface area contributed by atoms with Crippen LogP contribution in [0, 0.1) is 5.82 Å². The molecule has 0 N–H and O–H groups in total. The van der Waals surface area contributed by atoms with Crippen LogP contribution in [0.25, 0.3) is 0 Å². The van der Waals surface area contributed by atoms with Gasteiger partial charge in [0.2, 0.25) is 0 Å². The van der Waals surface area contributed by atoms with Gasteiger partial charge in [-0.05, 0) is 50.3 Å². The second kappa shape index (κ2) is 6.86. The predicted molar refractivity (Wildman–Crippen MR) is 94.4 cm³/mol. The minimum atomic E-state index is -0.501. The Morgan fingerprint density at radius 3 is 2.92 bits per heavy atom.